The molecule has 7 heteroatoms. The lowest BCUT2D eigenvalue weighted by Gasteiger charge is -2.34. The summed E-state index contributed by atoms with van der Waals surface area (Å²) in [7, 11) is 0. The number of carbonyl (C=O) groups is 3. The van der Waals surface area contributed by atoms with Gasteiger partial charge in [-0.1, -0.05) is 31.9 Å². The van der Waals surface area contributed by atoms with Gasteiger partial charge in [0.25, 0.3) is 5.91 Å². The first-order valence-electron chi connectivity index (χ1n) is 9.54. The highest BCUT2D eigenvalue weighted by molar-refractivity contribution is 6.01. The fourth-order valence-corrected chi connectivity index (χ4v) is 3.00. The Balaban J connectivity index is 2.16. The van der Waals surface area contributed by atoms with E-state index in [0.717, 1.165) is 19.3 Å². The third kappa shape index (κ3) is 5.70. The number of nitrogens with zero attached hydrogens (tertiary/aromatic N) is 1. The molecule has 0 bridgehead atoms. The van der Waals surface area contributed by atoms with Crippen LogP contribution in [0.1, 0.15) is 49.9 Å². The molecule has 7 nitrogen and oxygen atoms in total. The molecular formula is C20H28N2O5. The van der Waals surface area contributed by atoms with E-state index in [4.69, 9.17) is 9.47 Å². The van der Waals surface area contributed by atoms with Crippen LogP contribution in [0.25, 0.3) is 0 Å². The van der Waals surface area contributed by atoms with Crippen molar-refractivity contribution in [1.29, 1.82) is 0 Å². The van der Waals surface area contributed by atoms with Crippen molar-refractivity contribution in [2.24, 2.45) is 0 Å². The van der Waals surface area contributed by atoms with Crippen molar-refractivity contribution in [3.8, 4) is 5.75 Å². The van der Waals surface area contributed by atoms with Crippen LogP contribution in [0.5, 0.6) is 5.75 Å². The Morgan fingerprint density at radius 3 is 2.74 bits per heavy atom. The number of para-hydroxylation sites is 1. The Hall–Kier alpha value is -2.57. The van der Waals surface area contributed by atoms with Crippen molar-refractivity contribution in [2.75, 3.05) is 26.3 Å². The second-order valence-electron chi connectivity index (χ2n) is 6.37. The summed E-state index contributed by atoms with van der Waals surface area (Å²) in [5.74, 6) is -0.657. The van der Waals surface area contributed by atoms with Gasteiger partial charge in [0.15, 0.2) is 0 Å². The summed E-state index contributed by atoms with van der Waals surface area (Å²) >= 11 is 0. The smallest absolute Gasteiger partial charge is 0.308 e. The third-order valence-electron chi connectivity index (χ3n) is 4.38. The molecule has 0 aliphatic carbocycles. The second kappa shape index (κ2) is 10.5. The molecule has 1 saturated heterocycles. The second-order valence-corrected chi connectivity index (χ2v) is 6.37. The zero-order valence-electron chi connectivity index (χ0n) is 16.0. The van der Waals surface area contributed by atoms with Gasteiger partial charge >= 0.3 is 5.97 Å². The van der Waals surface area contributed by atoms with E-state index in [1.54, 1.807) is 25.1 Å². The Morgan fingerprint density at radius 1 is 1.22 bits per heavy atom. The van der Waals surface area contributed by atoms with Crippen LogP contribution in [0, 0.1) is 0 Å². The number of rotatable bonds is 9. The van der Waals surface area contributed by atoms with E-state index >= 15 is 0 Å². The lowest BCUT2D eigenvalue weighted by molar-refractivity contribution is -0.147. The topological polar surface area (TPSA) is 84.9 Å². The number of carbonyl (C=O) groups excluding carboxylic acids is 3. The van der Waals surface area contributed by atoms with Gasteiger partial charge in [0.05, 0.1) is 25.2 Å². The molecule has 1 heterocycles. The van der Waals surface area contributed by atoms with Crippen molar-refractivity contribution in [1.82, 2.24) is 10.2 Å². The molecule has 1 aliphatic rings. The SMILES string of the molecule is CCCCCOc1ccccc1C(=O)N1CCNC(=O)[C@H]1CC(=O)OCC. The molecule has 2 amide bonds. The Morgan fingerprint density at radius 2 is 2.00 bits per heavy atom. The minimum absolute atomic E-state index is 0.162. The van der Waals surface area contributed by atoms with Crippen LogP contribution < -0.4 is 10.1 Å². The van der Waals surface area contributed by atoms with E-state index in [0.29, 0.717) is 31.0 Å². The summed E-state index contributed by atoms with van der Waals surface area (Å²) in [4.78, 5) is 38.7. The molecular weight excluding hydrogens is 348 g/mol. The van der Waals surface area contributed by atoms with Crippen LogP contribution in [0.3, 0.4) is 0 Å². The number of hydrogen-bond acceptors (Lipinski definition) is 5. The van der Waals surface area contributed by atoms with Crippen molar-refractivity contribution in [2.45, 2.75) is 45.6 Å². The van der Waals surface area contributed by atoms with Crippen LogP contribution >= 0.6 is 0 Å². The van der Waals surface area contributed by atoms with Crippen LogP contribution in [0.4, 0.5) is 0 Å². The first-order chi connectivity index (χ1) is 13.1. The zero-order valence-corrected chi connectivity index (χ0v) is 16.0. The molecule has 0 radical (unpaired) electrons. The van der Waals surface area contributed by atoms with Crippen molar-refractivity contribution >= 4 is 17.8 Å². The minimum atomic E-state index is -0.876. The lowest BCUT2D eigenvalue weighted by Crippen LogP contribution is -2.57. The summed E-state index contributed by atoms with van der Waals surface area (Å²) in [6.45, 7) is 5.26. The fraction of sp³-hybridized carbons (Fsp3) is 0.550. The van der Waals surface area contributed by atoms with Gasteiger partial charge in [-0.05, 0) is 25.5 Å². The van der Waals surface area contributed by atoms with E-state index in [1.807, 2.05) is 6.07 Å². The van der Waals surface area contributed by atoms with Crippen molar-refractivity contribution < 1.29 is 23.9 Å². The normalized spacial score (nSPS) is 16.6. The maximum atomic E-state index is 13.1. The Labute approximate surface area is 160 Å². The highest BCUT2D eigenvalue weighted by atomic mass is 16.5. The predicted molar refractivity (Wildman–Crippen MR) is 101 cm³/mol. The van der Waals surface area contributed by atoms with Gasteiger partial charge in [0, 0.05) is 13.1 Å². The first-order valence-corrected chi connectivity index (χ1v) is 9.54. The summed E-state index contributed by atoms with van der Waals surface area (Å²) in [5.41, 5.74) is 0.401. The summed E-state index contributed by atoms with van der Waals surface area (Å²) in [6, 6.07) is 6.13. The average molecular weight is 376 g/mol. The number of ether oxygens (including phenoxy) is 2. The molecule has 2 rings (SSSR count). The molecule has 0 aromatic heterocycles. The zero-order chi connectivity index (χ0) is 19.6. The number of esters is 1. The highest BCUT2D eigenvalue weighted by Crippen LogP contribution is 2.23. The standard InChI is InChI=1S/C20H28N2O5/c1-3-5-8-13-27-17-10-7-6-9-15(17)20(25)22-12-11-21-19(24)16(22)14-18(23)26-4-2/h6-7,9-10,16H,3-5,8,11-14H2,1-2H3,(H,21,24)/t16-/m1/s1. The van der Waals surface area contributed by atoms with Gasteiger partial charge < -0.3 is 19.7 Å². The molecule has 0 unspecified atom stereocenters. The lowest BCUT2D eigenvalue weighted by atomic mass is 10.1. The van der Waals surface area contributed by atoms with Gasteiger partial charge in [0.1, 0.15) is 11.8 Å². The van der Waals surface area contributed by atoms with Gasteiger partial charge in [0.2, 0.25) is 5.91 Å². The summed E-state index contributed by atoms with van der Waals surface area (Å²) < 4.78 is 10.7. The Bertz CT molecular complexity index is 662. The van der Waals surface area contributed by atoms with Gasteiger partial charge in [-0.3, -0.25) is 14.4 Å². The van der Waals surface area contributed by atoms with E-state index in [9.17, 15) is 14.4 Å². The molecule has 1 aromatic carbocycles. The monoisotopic (exact) mass is 376 g/mol. The molecule has 1 aliphatic heterocycles. The molecule has 1 aromatic rings. The molecule has 148 valence electrons. The van der Waals surface area contributed by atoms with Crippen LogP contribution in [-0.4, -0.2) is 55.0 Å². The predicted octanol–water partition coefficient (Wildman–Crippen LogP) is 2.15. The number of benzene rings is 1. The number of hydrogen-bond donors (Lipinski definition) is 1. The van der Waals surface area contributed by atoms with Gasteiger partial charge in [-0.15, -0.1) is 0 Å². The number of piperazine rings is 1. The van der Waals surface area contributed by atoms with E-state index in [-0.39, 0.29) is 24.8 Å². The van der Waals surface area contributed by atoms with Crippen LogP contribution in [0.2, 0.25) is 0 Å². The maximum Gasteiger partial charge on any atom is 0.308 e. The molecule has 1 atom stereocenters. The molecule has 0 spiro atoms. The van der Waals surface area contributed by atoms with E-state index in [1.165, 1.54) is 4.90 Å². The Kier molecular flexibility index (Phi) is 8.10. The van der Waals surface area contributed by atoms with Crippen molar-refractivity contribution in [3.05, 3.63) is 29.8 Å². The number of unbranched alkanes of at least 4 members (excludes halogenated alkanes) is 2. The molecule has 1 N–H and O–H groups in total. The third-order valence-corrected chi connectivity index (χ3v) is 4.38. The maximum absolute atomic E-state index is 13.1. The van der Waals surface area contributed by atoms with Gasteiger partial charge in [-0.2, -0.15) is 0 Å². The molecule has 27 heavy (non-hydrogen) atoms. The van der Waals surface area contributed by atoms with Gasteiger partial charge in [-0.25, -0.2) is 0 Å². The quantitative estimate of drug-likeness (QED) is 0.527. The van der Waals surface area contributed by atoms with Crippen LogP contribution in [0.15, 0.2) is 24.3 Å². The van der Waals surface area contributed by atoms with Crippen LogP contribution in [-0.2, 0) is 14.3 Å². The number of amides is 2. The first kappa shape index (κ1) is 20.7. The van der Waals surface area contributed by atoms with E-state index in [2.05, 4.69) is 12.2 Å². The minimum Gasteiger partial charge on any atom is -0.493 e. The molecule has 1 fully saturated rings. The van der Waals surface area contributed by atoms with E-state index < -0.39 is 12.0 Å². The largest absolute Gasteiger partial charge is 0.493 e. The number of nitrogens with one attached hydrogen (secondary N) is 1. The highest BCUT2D eigenvalue weighted by Gasteiger charge is 2.36. The summed E-state index contributed by atoms with van der Waals surface area (Å²) in [6.07, 6.45) is 2.90. The molecule has 0 saturated carbocycles. The fourth-order valence-electron chi connectivity index (χ4n) is 3.00. The summed E-state index contributed by atoms with van der Waals surface area (Å²) in [5, 5.41) is 2.71. The van der Waals surface area contributed by atoms with Crippen molar-refractivity contribution in [3.63, 3.8) is 0 Å². The average Bonchev–Trinajstić information content (AvgIpc) is 2.67.